The van der Waals surface area contributed by atoms with Gasteiger partial charge in [0.05, 0.1) is 11.3 Å². The van der Waals surface area contributed by atoms with Crippen molar-refractivity contribution in [1.29, 1.82) is 0 Å². The highest BCUT2D eigenvalue weighted by Gasteiger charge is 2.31. The Labute approximate surface area is 107 Å². The number of aryl methyl sites for hydroxylation is 1. The Hall–Kier alpha value is -2.31. The van der Waals surface area contributed by atoms with Crippen LogP contribution in [0.1, 0.15) is 11.1 Å². The van der Waals surface area contributed by atoms with E-state index in [0.29, 0.717) is 0 Å². The molecule has 100 valence electrons. The molecule has 1 aromatic heterocycles. The third-order valence-electron chi connectivity index (χ3n) is 2.30. The van der Waals surface area contributed by atoms with E-state index in [1.165, 1.54) is 12.4 Å². The van der Waals surface area contributed by atoms with Crippen molar-refractivity contribution in [2.45, 2.75) is 13.1 Å². The van der Waals surface area contributed by atoms with Crippen LogP contribution in [0.3, 0.4) is 0 Å². The fourth-order valence-corrected chi connectivity index (χ4v) is 1.35. The van der Waals surface area contributed by atoms with Crippen molar-refractivity contribution >= 4 is 5.69 Å². The molecule has 0 bridgehead atoms. The Morgan fingerprint density at radius 1 is 1.16 bits per heavy atom. The fourth-order valence-electron chi connectivity index (χ4n) is 1.35. The van der Waals surface area contributed by atoms with Crippen LogP contribution >= 0.6 is 0 Å². The number of nitrogen functional groups attached to an aromatic ring is 1. The first-order valence-corrected chi connectivity index (χ1v) is 5.29. The molecule has 1 heterocycles. The van der Waals surface area contributed by atoms with Crippen LogP contribution < -0.4 is 10.5 Å². The van der Waals surface area contributed by atoms with E-state index in [9.17, 15) is 13.2 Å². The van der Waals surface area contributed by atoms with Crippen molar-refractivity contribution in [2.24, 2.45) is 0 Å². The first-order chi connectivity index (χ1) is 8.86. The van der Waals surface area contributed by atoms with Gasteiger partial charge in [-0.05, 0) is 30.7 Å². The van der Waals surface area contributed by atoms with E-state index in [2.05, 4.69) is 9.97 Å². The zero-order valence-electron chi connectivity index (χ0n) is 9.90. The van der Waals surface area contributed by atoms with E-state index >= 15 is 0 Å². The number of halogens is 3. The summed E-state index contributed by atoms with van der Waals surface area (Å²) in [6.07, 6.45) is -1.38. The maximum atomic E-state index is 12.4. The second-order valence-electron chi connectivity index (χ2n) is 3.90. The van der Waals surface area contributed by atoms with E-state index in [1.807, 2.05) is 0 Å². The van der Waals surface area contributed by atoms with Crippen LogP contribution in [0.2, 0.25) is 0 Å². The smallest absolute Gasteiger partial charge is 0.416 e. The normalized spacial score (nSPS) is 11.4. The minimum Gasteiger partial charge on any atom is -0.422 e. The Bertz CT molecular complexity index is 582. The monoisotopic (exact) mass is 269 g/mol. The lowest BCUT2D eigenvalue weighted by Gasteiger charge is -2.10. The van der Waals surface area contributed by atoms with Crippen LogP contribution in [-0.4, -0.2) is 9.97 Å². The number of rotatable bonds is 2. The molecule has 19 heavy (non-hydrogen) atoms. The summed E-state index contributed by atoms with van der Waals surface area (Å²) in [5.74, 6) is 0.0804. The number of ether oxygens (including phenoxy) is 1. The molecule has 4 nitrogen and oxygen atoms in total. The van der Waals surface area contributed by atoms with E-state index in [0.717, 1.165) is 23.8 Å². The molecule has 0 saturated heterocycles. The molecule has 2 aromatic rings. The van der Waals surface area contributed by atoms with Gasteiger partial charge >= 0.3 is 12.2 Å². The quantitative estimate of drug-likeness (QED) is 0.850. The van der Waals surface area contributed by atoms with Crippen LogP contribution in [0.4, 0.5) is 18.9 Å². The summed E-state index contributed by atoms with van der Waals surface area (Å²) in [6, 6.07) is 2.86. The lowest BCUT2D eigenvalue weighted by atomic mass is 10.2. The number of hydrogen-bond donors (Lipinski definition) is 1. The molecule has 0 aliphatic heterocycles. The molecule has 0 saturated carbocycles. The molecule has 0 unspecified atom stereocenters. The van der Waals surface area contributed by atoms with Crippen LogP contribution in [0, 0.1) is 6.92 Å². The number of nitrogens with zero attached hydrogens (tertiary/aromatic N) is 2. The summed E-state index contributed by atoms with van der Waals surface area (Å²) in [5, 5.41) is 0. The van der Waals surface area contributed by atoms with Crippen LogP contribution in [-0.2, 0) is 6.18 Å². The van der Waals surface area contributed by atoms with Gasteiger partial charge in [-0.2, -0.15) is 13.2 Å². The molecular weight excluding hydrogens is 259 g/mol. The average molecular weight is 269 g/mol. The summed E-state index contributed by atoms with van der Waals surface area (Å²) in [4.78, 5) is 7.75. The van der Waals surface area contributed by atoms with Gasteiger partial charge in [-0.15, -0.1) is 0 Å². The predicted molar refractivity (Wildman–Crippen MR) is 62.7 cm³/mol. The van der Waals surface area contributed by atoms with E-state index in [1.54, 1.807) is 6.92 Å². The Kier molecular flexibility index (Phi) is 3.28. The summed E-state index contributed by atoms with van der Waals surface area (Å²) >= 11 is 0. The Morgan fingerprint density at radius 3 is 2.32 bits per heavy atom. The fraction of sp³-hybridized carbons (Fsp3) is 0.167. The van der Waals surface area contributed by atoms with E-state index < -0.39 is 11.7 Å². The number of aromatic nitrogens is 2. The van der Waals surface area contributed by atoms with Crippen molar-refractivity contribution in [3.63, 3.8) is 0 Å². The first kappa shape index (κ1) is 13.1. The lowest BCUT2D eigenvalue weighted by Crippen LogP contribution is -2.06. The van der Waals surface area contributed by atoms with E-state index in [4.69, 9.17) is 10.5 Å². The number of anilines is 1. The third-order valence-corrected chi connectivity index (χ3v) is 2.30. The molecule has 0 fully saturated rings. The molecule has 0 aliphatic rings. The lowest BCUT2D eigenvalue weighted by molar-refractivity contribution is -0.137. The van der Waals surface area contributed by atoms with Gasteiger partial charge < -0.3 is 10.5 Å². The number of alkyl halides is 3. The Balaban J connectivity index is 2.24. The molecule has 7 heteroatoms. The highest BCUT2D eigenvalue weighted by atomic mass is 19.4. The second-order valence-corrected chi connectivity index (χ2v) is 3.90. The number of hydrogen-bond acceptors (Lipinski definition) is 4. The molecule has 1 aromatic carbocycles. The SMILES string of the molecule is Cc1cnc(Oc2ccc(C(F)(F)F)cc2N)nc1. The van der Waals surface area contributed by atoms with Gasteiger partial charge in [-0.1, -0.05) is 0 Å². The molecular formula is C12H10F3N3O. The molecule has 0 radical (unpaired) electrons. The van der Waals surface area contributed by atoms with E-state index in [-0.39, 0.29) is 17.4 Å². The van der Waals surface area contributed by atoms with Crippen molar-refractivity contribution in [3.8, 4) is 11.8 Å². The molecule has 2 N–H and O–H groups in total. The summed E-state index contributed by atoms with van der Waals surface area (Å²) in [5.41, 5.74) is 5.40. The van der Waals surface area contributed by atoms with Gasteiger partial charge in [0.25, 0.3) is 0 Å². The first-order valence-electron chi connectivity index (χ1n) is 5.29. The minimum absolute atomic E-state index is 0.0251. The van der Waals surface area contributed by atoms with Crippen molar-refractivity contribution in [1.82, 2.24) is 9.97 Å². The summed E-state index contributed by atoms with van der Waals surface area (Å²) in [6.45, 7) is 1.80. The van der Waals surface area contributed by atoms with Crippen molar-refractivity contribution in [3.05, 3.63) is 41.7 Å². The highest BCUT2D eigenvalue weighted by Crippen LogP contribution is 2.34. The van der Waals surface area contributed by atoms with Gasteiger partial charge in [-0.3, -0.25) is 0 Å². The van der Waals surface area contributed by atoms with Crippen molar-refractivity contribution < 1.29 is 17.9 Å². The topological polar surface area (TPSA) is 61.0 Å². The van der Waals surface area contributed by atoms with Gasteiger partial charge in [-0.25, -0.2) is 9.97 Å². The molecule has 2 rings (SSSR count). The second kappa shape index (κ2) is 4.75. The molecule has 0 amide bonds. The Morgan fingerprint density at radius 2 is 1.79 bits per heavy atom. The average Bonchev–Trinajstić information content (AvgIpc) is 2.33. The number of nitrogens with two attached hydrogens (primary N) is 1. The predicted octanol–water partition coefficient (Wildman–Crippen LogP) is 3.18. The maximum Gasteiger partial charge on any atom is 0.416 e. The maximum absolute atomic E-state index is 12.4. The van der Waals surface area contributed by atoms with Gasteiger partial charge in [0.1, 0.15) is 0 Å². The minimum atomic E-state index is -4.44. The summed E-state index contributed by atoms with van der Waals surface area (Å²) in [7, 11) is 0. The summed E-state index contributed by atoms with van der Waals surface area (Å²) < 4.78 is 42.6. The van der Waals surface area contributed by atoms with Crippen LogP contribution in [0.5, 0.6) is 11.8 Å². The highest BCUT2D eigenvalue weighted by molar-refractivity contribution is 5.55. The zero-order chi connectivity index (χ0) is 14.0. The van der Waals surface area contributed by atoms with Gasteiger partial charge in [0.15, 0.2) is 5.75 Å². The molecule has 0 spiro atoms. The standard InChI is InChI=1S/C12H10F3N3O/c1-7-5-17-11(18-6-7)19-10-3-2-8(4-9(10)16)12(13,14)15/h2-6H,16H2,1H3. The van der Waals surface area contributed by atoms with Gasteiger partial charge in [0, 0.05) is 12.4 Å². The van der Waals surface area contributed by atoms with Gasteiger partial charge in [0.2, 0.25) is 0 Å². The zero-order valence-corrected chi connectivity index (χ0v) is 9.90. The molecule has 0 aliphatic carbocycles. The largest absolute Gasteiger partial charge is 0.422 e. The molecule has 0 atom stereocenters. The van der Waals surface area contributed by atoms with Crippen molar-refractivity contribution in [2.75, 3.05) is 5.73 Å². The number of benzene rings is 1. The van der Waals surface area contributed by atoms with Crippen LogP contribution in [0.25, 0.3) is 0 Å². The van der Waals surface area contributed by atoms with Crippen LogP contribution in [0.15, 0.2) is 30.6 Å². The third kappa shape index (κ3) is 3.12.